The van der Waals surface area contributed by atoms with Crippen LogP contribution >= 0.6 is 0 Å². The first-order chi connectivity index (χ1) is 17.5. The maximum absolute atomic E-state index is 13.6. The number of rotatable bonds is 10. The molecule has 0 spiro atoms. The van der Waals surface area contributed by atoms with E-state index in [0.29, 0.717) is 6.42 Å². The number of carbonyl (C=O) groups excluding carboxylic acids is 1. The third kappa shape index (κ3) is 6.47. The topological polar surface area (TPSA) is 63.7 Å². The van der Waals surface area contributed by atoms with Crippen LogP contribution in [0.3, 0.4) is 0 Å². The number of hydrogen-bond donors (Lipinski definition) is 0. The van der Waals surface area contributed by atoms with E-state index in [9.17, 15) is 13.2 Å². The van der Waals surface area contributed by atoms with E-state index in [1.54, 1.807) is 30.3 Å². The standard InChI is InChI=1S/C30H29NO4S/c1-35-30(32)20-17-24-9-8-10-26(21-24)23-31(36(33,34)29-13-6-3-7-14-29)22-25-15-18-28(19-16-25)27-11-4-2-5-12-27/h2-16,18-19,21H,17,20,22-23H2,1H3. The van der Waals surface area contributed by atoms with Gasteiger partial charge in [-0.2, -0.15) is 4.31 Å². The Hall–Kier alpha value is -3.74. The molecular weight excluding hydrogens is 470 g/mol. The molecule has 6 heteroatoms. The molecule has 0 saturated heterocycles. The molecular formula is C30H29NO4S. The molecule has 0 aliphatic heterocycles. The van der Waals surface area contributed by atoms with E-state index in [4.69, 9.17) is 4.74 Å². The summed E-state index contributed by atoms with van der Waals surface area (Å²) in [6.07, 6.45) is 0.812. The van der Waals surface area contributed by atoms with Crippen LogP contribution in [0.1, 0.15) is 23.1 Å². The van der Waals surface area contributed by atoms with Crippen molar-refractivity contribution in [1.29, 1.82) is 0 Å². The van der Waals surface area contributed by atoms with Crippen LogP contribution in [0, 0.1) is 0 Å². The van der Waals surface area contributed by atoms with Crippen molar-refractivity contribution >= 4 is 16.0 Å². The van der Waals surface area contributed by atoms with Gasteiger partial charge in [0.25, 0.3) is 0 Å². The quantitative estimate of drug-likeness (QED) is 0.257. The first-order valence-corrected chi connectivity index (χ1v) is 13.2. The van der Waals surface area contributed by atoms with Gasteiger partial charge in [-0.1, -0.05) is 97.1 Å². The number of aryl methyl sites for hydroxylation is 1. The van der Waals surface area contributed by atoms with Crippen LogP contribution in [0.4, 0.5) is 0 Å². The molecule has 0 fully saturated rings. The molecule has 0 N–H and O–H groups in total. The summed E-state index contributed by atoms with van der Waals surface area (Å²) in [5, 5.41) is 0. The summed E-state index contributed by atoms with van der Waals surface area (Å²) >= 11 is 0. The third-order valence-electron chi connectivity index (χ3n) is 6.00. The highest BCUT2D eigenvalue weighted by atomic mass is 32.2. The van der Waals surface area contributed by atoms with Gasteiger partial charge >= 0.3 is 5.97 Å². The lowest BCUT2D eigenvalue weighted by Gasteiger charge is -2.23. The van der Waals surface area contributed by atoms with Gasteiger partial charge in [-0.15, -0.1) is 0 Å². The minimum absolute atomic E-state index is 0.212. The number of esters is 1. The van der Waals surface area contributed by atoms with Crippen LogP contribution in [0.2, 0.25) is 0 Å². The predicted molar refractivity (Wildman–Crippen MR) is 142 cm³/mol. The number of sulfonamides is 1. The molecule has 0 saturated carbocycles. The average Bonchev–Trinajstić information content (AvgIpc) is 2.93. The Morgan fingerprint density at radius 2 is 1.28 bits per heavy atom. The molecule has 0 heterocycles. The summed E-state index contributed by atoms with van der Waals surface area (Å²) in [5.74, 6) is -0.271. The van der Waals surface area contributed by atoms with Crippen molar-refractivity contribution in [2.45, 2.75) is 30.8 Å². The molecule has 4 aromatic rings. The Labute approximate surface area is 213 Å². The van der Waals surface area contributed by atoms with Gasteiger partial charge in [0, 0.05) is 19.5 Å². The molecule has 0 aliphatic rings. The van der Waals surface area contributed by atoms with Gasteiger partial charge < -0.3 is 4.74 Å². The molecule has 184 valence electrons. The van der Waals surface area contributed by atoms with Crippen molar-refractivity contribution in [2.75, 3.05) is 7.11 Å². The number of benzene rings is 4. The van der Waals surface area contributed by atoms with Crippen LogP contribution in [0.5, 0.6) is 0 Å². The molecule has 0 unspecified atom stereocenters. The van der Waals surface area contributed by atoms with E-state index in [1.807, 2.05) is 78.9 Å². The highest BCUT2D eigenvalue weighted by molar-refractivity contribution is 7.89. The zero-order valence-electron chi connectivity index (χ0n) is 20.2. The monoisotopic (exact) mass is 499 g/mol. The van der Waals surface area contributed by atoms with Gasteiger partial charge in [-0.05, 0) is 46.4 Å². The van der Waals surface area contributed by atoms with E-state index in [2.05, 4.69) is 0 Å². The smallest absolute Gasteiger partial charge is 0.305 e. The van der Waals surface area contributed by atoms with E-state index < -0.39 is 10.0 Å². The van der Waals surface area contributed by atoms with Crippen molar-refractivity contribution < 1.29 is 17.9 Å². The van der Waals surface area contributed by atoms with E-state index >= 15 is 0 Å². The molecule has 5 nitrogen and oxygen atoms in total. The molecule has 0 aliphatic carbocycles. The molecule has 0 atom stereocenters. The van der Waals surface area contributed by atoms with Crippen molar-refractivity contribution in [3.05, 3.63) is 126 Å². The second-order valence-electron chi connectivity index (χ2n) is 8.55. The van der Waals surface area contributed by atoms with Gasteiger partial charge in [-0.25, -0.2) is 8.42 Å². The maximum atomic E-state index is 13.6. The first-order valence-electron chi connectivity index (χ1n) is 11.8. The van der Waals surface area contributed by atoms with Gasteiger partial charge in [-0.3, -0.25) is 4.79 Å². The molecule has 36 heavy (non-hydrogen) atoms. The molecule has 0 aromatic heterocycles. The Kier molecular flexibility index (Phi) is 8.31. The minimum Gasteiger partial charge on any atom is -0.469 e. The molecule has 0 radical (unpaired) electrons. The third-order valence-corrected chi connectivity index (χ3v) is 7.80. The maximum Gasteiger partial charge on any atom is 0.305 e. The van der Waals surface area contributed by atoms with Gasteiger partial charge in [0.15, 0.2) is 0 Å². The summed E-state index contributed by atoms with van der Waals surface area (Å²) in [6, 6.07) is 34.3. The summed E-state index contributed by atoms with van der Waals surface area (Å²) < 4.78 is 33.5. The van der Waals surface area contributed by atoms with Crippen molar-refractivity contribution in [1.82, 2.24) is 4.31 Å². The van der Waals surface area contributed by atoms with Gasteiger partial charge in [0.05, 0.1) is 12.0 Å². The minimum atomic E-state index is -3.74. The highest BCUT2D eigenvalue weighted by Gasteiger charge is 2.25. The van der Waals surface area contributed by atoms with Crippen LogP contribution in [-0.2, 0) is 39.1 Å². The van der Waals surface area contributed by atoms with Crippen LogP contribution in [0.15, 0.2) is 114 Å². The van der Waals surface area contributed by atoms with Crippen molar-refractivity contribution in [2.24, 2.45) is 0 Å². The number of carbonyl (C=O) groups is 1. The largest absolute Gasteiger partial charge is 0.469 e. The average molecular weight is 500 g/mol. The predicted octanol–water partition coefficient (Wildman–Crippen LogP) is 5.85. The zero-order chi connectivity index (χ0) is 25.4. The first kappa shape index (κ1) is 25.4. The fraction of sp³-hybridized carbons (Fsp3) is 0.167. The summed E-state index contributed by atoms with van der Waals surface area (Å²) in [4.78, 5) is 11.8. The van der Waals surface area contributed by atoms with Gasteiger partial charge in [0.1, 0.15) is 0 Å². The highest BCUT2D eigenvalue weighted by Crippen LogP contribution is 2.24. The van der Waals surface area contributed by atoms with Crippen molar-refractivity contribution in [3.8, 4) is 11.1 Å². The van der Waals surface area contributed by atoms with E-state index in [1.165, 1.54) is 11.4 Å². The SMILES string of the molecule is COC(=O)CCc1cccc(CN(Cc2ccc(-c3ccccc3)cc2)S(=O)(=O)c2ccccc2)c1. The molecule has 0 amide bonds. The van der Waals surface area contributed by atoms with Crippen LogP contribution in [-0.4, -0.2) is 25.8 Å². The Bertz CT molecular complexity index is 1390. The van der Waals surface area contributed by atoms with E-state index in [0.717, 1.165) is 27.8 Å². The number of methoxy groups -OCH3 is 1. The molecule has 4 aromatic carbocycles. The lowest BCUT2D eigenvalue weighted by Crippen LogP contribution is -2.30. The Balaban J connectivity index is 1.60. The lowest BCUT2D eigenvalue weighted by molar-refractivity contribution is -0.140. The van der Waals surface area contributed by atoms with E-state index in [-0.39, 0.29) is 30.4 Å². The second kappa shape index (κ2) is 11.8. The number of nitrogens with zero attached hydrogens (tertiary/aromatic N) is 1. The van der Waals surface area contributed by atoms with Crippen LogP contribution in [0.25, 0.3) is 11.1 Å². The van der Waals surface area contributed by atoms with Gasteiger partial charge in [0.2, 0.25) is 10.0 Å². The summed E-state index contributed by atoms with van der Waals surface area (Å²) in [7, 11) is -2.37. The fourth-order valence-electron chi connectivity index (χ4n) is 4.04. The number of hydrogen-bond acceptors (Lipinski definition) is 4. The normalized spacial score (nSPS) is 11.4. The molecule has 0 bridgehead atoms. The second-order valence-corrected chi connectivity index (χ2v) is 10.5. The fourth-order valence-corrected chi connectivity index (χ4v) is 5.48. The Morgan fingerprint density at radius 1 is 0.694 bits per heavy atom. The lowest BCUT2D eigenvalue weighted by atomic mass is 10.0. The number of ether oxygens (including phenoxy) is 1. The Morgan fingerprint density at radius 3 is 1.94 bits per heavy atom. The summed E-state index contributed by atoms with van der Waals surface area (Å²) in [5.41, 5.74) is 4.91. The molecule has 4 rings (SSSR count). The summed E-state index contributed by atoms with van der Waals surface area (Å²) in [6.45, 7) is 0.447. The van der Waals surface area contributed by atoms with Crippen LogP contribution < -0.4 is 0 Å². The zero-order valence-corrected chi connectivity index (χ0v) is 21.0. The van der Waals surface area contributed by atoms with Crippen molar-refractivity contribution in [3.63, 3.8) is 0 Å².